The van der Waals surface area contributed by atoms with Gasteiger partial charge in [0.2, 0.25) is 0 Å². The van der Waals surface area contributed by atoms with Crippen molar-refractivity contribution in [1.29, 1.82) is 0 Å². The molecule has 2 rings (SSSR count). The molecule has 0 spiro atoms. The van der Waals surface area contributed by atoms with Crippen LogP contribution >= 0.6 is 12.9 Å². The number of anilines is 1. The molecule has 0 amide bonds. The molecular formula is C10H9NO5S2. The Kier molecular flexibility index (Phi) is 3.01. The van der Waals surface area contributed by atoms with Crippen LogP contribution in [0.1, 0.15) is 0 Å². The Morgan fingerprint density at radius 3 is 2.44 bits per heavy atom. The van der Waals surface area contributed by atoms with E-state index in [1.54, 1.807) is 0 Å². The first kappa shape index (κ1) is 12.8. The van der Waals surface area contributed by atoms with Gasteiger partial charge >= 0.3 is 0 Å². The maximum Gasteiger partial charge on any atom is 0.294 e. The molecule has 0 atom stereocenters. The zero-order valence-corrected chi connectivity index (χ0v) is 10.6. The van der Waals surface area contributed by atoms with Gasteiger partial charge in [-0.2, -0.15) is 8.42 Å². The summed E-state index contributed by atoms with van der Waals surface area (Å²) >= 11 is 3.61. The Bertz CT molecular complexity index is 727. The van der Waals surface area contributed by atoms with Crippen molar-refractivity contribution in [3.05, 3.63) is 24.3 Å². The number of phenols is 1. The highest BCUT2D eigenvalue weighted by molar-refractivity contribution is 7.85. The van der Waals surface area contributed by atoms with E-state index in [9.17, 15) is 13.5 Å². The monoisotopic (exact) mass is 287 g/mol. The molecule has 0 unspecified atom stereocenters. The number of phenolic OH excluding ortho intramolecular Hbond substituents is 1. The molecule has 96 valence electrons. The van der Waals surface area contributed by atoms with Crippen LogP contribution in [-0.2, 0) is 10.1 Å². The maximum atomic E-state index is 11.0. The summed E-state index contributed by atoms with van der Waals surface area (Å²) in [4.78, 5) is -0.428. The van der Waals surface area contributed by atoms with Crippen molar-refractivity contribution in [2.45, 2.75) is 4.90 Å². The predicted molar refractivity (Wildman–Crippen MR) is 69.5 cm³/mol. The summed E-state index contributed by atoms with van der Waals surface area (Å²) in [6.45, 7) is 0. The highest BCUT2D eigenvalue weighted by atomic mass is 32.2. The summed E-state index contributed by atoms with van der Waals surface area (Å²) in [6.07, 6.45) is 0. The molecule has 0 aliphatic rings. The Balaban J connectivity index is 2.87. The maximum absolute atomic E-state index is 11.0. The third kappa shape index (κ3) is 2.17. The van der Waals surface area contributed by atoms with Crippen molar-refractivity contribution in [3.8, 4) is 11.5 Å². The highest BCUT2D eigenvalue weighted by Gasteiger charge is 2.15. The van der Waals surface area contributed by atoms with E-state index in [-0.39, 0.29) is 22.6 Å². The van der Waals surface area contributed by atoms with Gasteiger partial charge in [-0.05, 0) is 17.5 Å². The summed E-state index contributed by atoms with van der Waals surface area (Å²) in [7, 11) is -4.41. The third-order valence-electron chi connectivity index (χ3n) is 2.41. The quantitative estimate of drug-likeness (QED) is 0.289. The van der Waals surface area contributed by atoms with Gasteiger partial charge < -0.3 is 15.0 Å². The molecule has 0 aromatic heterocycles. The minimum atomic E-state index is -4.41. The second-order valence-electron chi connectivity index (χ2n) is 3.62. The van der Waals surface area contributed by atoms with E-state index in [0.717, 1.165) is 6.07 Å². The van der Waals surface area contributed by atoms with Crippen LogP contribution in [0.5, 0.6) is 11.5 Å². The van der Waals surface area contributed by atoms with E-state index in [1.807, 2.05) is 0 Å². The van der Waals surface area contributed by atoms with Gasteiger partial charge in [0.15, 0.2) is 0 Å². The number of hydrogen-bond acceptors (Lipinski definition) is 6. The highest BCUT2D eigenvalue weighted by Crippen LogP contribution is 2.36. The zero-order chi connectivity index (χ0) is 13.5. The van der Waals surface area contributed by atoms with E-state index < -0.39 is 15.0 Å². The van der Waals surface area contributed by atoms with Crippen LogP contribution in [0, 0.1) is 0 Å². The van der Waals surface area contributed by atoms with E-state index in [4.69, 9.17) is 10.3 Å². The Morgan fingerprint density at radius 1 is 1.22 bits per heavy atom. The lowest BCUT2D eigenvalue weighted by atomic mass is 10.1. The smallest absolute Gasteiger partial charge is 0.294 e. The van der Waals surface area contributed by atoms with Crippen molar-refractivity contribution >= 4 is 39.5 Å². The van der Waals surface area contributed by atoms with Crippen molar-refractivity contribution in [2.24, 2.45) is 0 Å². The molecule has 0 fully saturated rings. The average molecular weight is 287 g/mol. The normalized spacial score (nSPS) is 11.7. The van der Waals surface area contributed by atoms with Gasteiger partial charge in [-0.15, -0.1) is 0 Å². The number of hydrogen-bond donors (Lipinski definition) is 4. The fourth-order valence-corrected chi connectivity index (χ4v) is 2.31. The minimum Gasteiger partial charge on any atom is -0.507 e. The topological polar surface area (TPSA) is 110 Å². The standard InChI is InChI=1S/C10H9NO5S2/c11-8-3-6(16-17)1-5-2-7(18(13,14)15)4-9(12)10(5)8/h1-4,12,17H,11H2,(H,13,14,15). The molecule has 4 N–H and O–H groups in total. The fraction of sp³-hybridized carbons (Fsp3) is 0. The van der Waals surface area contributed by atoms with E-state index in [1.165, 1.54) is 18.2 Å². The molecule has 0 aliphatic heterocycles. The second kappa shape index (κ2) is 4.23. The summed E-state index contributed by atoms with van der Waals surface area (Å²) in [5.41, 5.74) is 5.91. The molecule has 2 aromatic carbocycles. The van der Waals surface area contributed by atoms with Gasteiger partial charge in [0.25, 0.3) is 10.1 Å². The number of nitrogen functional groups attached to an aromatic ring is 1. The molecule has 18 heavy (non-hydrogen) atoms. The van der Waals surface area contributed by atoms with Crippen LogP contribution in [0.2, 0.25) is 0 Å². The Labute approximate surface area is 108 Å². The summed E-state index contributed by atoms with van der Waals surface area (Å²) in [6, 6.07) is 4.97. The number of fused-ring (bicyclic) bond motifs is 1. The summed E-state index contributed by atoms with van der Waals surface area (Å²) in [5.74, 6) is -0.0569. The average Bonchev–Trinajstić information content (AvgIpc) is 2.26. The molecule has 8 heteroatoms. The lowest BCUT2D eigenvalue weighted by Gasteiger charge is -2.08. The fourth-order valence-electron chi connectivity index (χ4n) is 1.67. The molecule has 0 saturated heterocycles. The van der Waals surface area contributed by atoms with Gasteiger partial charge in [-0.25, -0.2) is 0 Å². The van der Waals surface area contributed by atoms with Gasteiger partial charge in [-0.3, -0.25) is 4.55 Å². The summed E-state index contributed by atoms with van der Waals surface area (Å²) < 4.78 is 35.7. The first-order valence-electron chi connectivity index (χ1n) is 4.68. The van der Waals surface area contributed by atoms with Crippen LogP contribution in [0.4, 0.5) is 5.69 Å². The lowest BCUT2D eigenvalue weighted by Crippen LogP contribution is -1.98. The molecule has 0 heterocycles. The van der Waals surface area contributed by atoms with Crippen molar-refractivity contribution in [1.82, 2.24) is 0 Å². The largest absolute Gasteiger partial charge is 0.507 e. The van der Waals surface area contributed by atoms with Crippen LogP contribution in [0.25, 0.3) is 10.8 Å². The Morgan fingerprint density at radius 2 is 1.89 bits per heavy atom. The molecular weight excluding hydrogens is 278 g/mol. The van der Waals surface area contributed by atoms with E-state index in [0.29, 0.717) is 5.39 Å². The zero-order valence-electron chi connectivity index (χ0n) is 8.86. The predicted octanol–water partition coefficient (Wildman–Crippen LogP) is 1.60. The molecule has 0 bridgehead atoms. The SMILES string of the molecule is Nc1cc(OS)cc2cc(S(=O)(=O)O)cc(O)c12. The minimum absolute atomic E-state index is 0.205. The number of rotatable bonds is 2. The van der Waals surface area contributed by atoms with Gasteiger partial charge in [-0.1, -0.05) is 0 Å². The second-order valence-corrected chi connectivity index (χ2v) is 5.22. The van der Waals surface area contributed by atoms with E-state index in [2.05, 4.69) is 17.1 Å². The first-order valence-corrected chi connectivity index (χ1v) is 6.48. The van der Waals surface area contributed by atoms with Crippen molar-refractivity contribution in [3.63, 3.8) is 0 Å². The number of thiol groups is 1. The number of aromatic hydroxyl groups is 1. The molecule has 2 aromatic rings. The molecule has 6 nitrogen and oxygen atoms in total. The third-order valence-corrected chi connectivity index (χ3v) is 3.45. The number of nitrogens with two attached hydrogens (primary N) is 1. The van der Waals surface area contributed by atoms with Gasteiger partial charge in [0.05, 0.1) is 4.90 Å². The lowest BCUT2D eigenvalue weighted by molar-refractivity contribution is 0.471. The first-order chi connectivity index (χ1) is 8.32. The van der Waals surface area contributed by atoms with Crippen LogP contribution in [0.3, 0.4) is 0 Å². The van der Waals surface area contributed by atoms with Crippen molar-refractivity contribution in [2.75, 3.05) is 5.73 Å². The molecule has 0 saturated carbocycles. The van der Waals surface area contributed by atoms with Gasteiger partial charge in [0.1, 0.15) is 11.5 Å². The van der Waals surface area contributed by atoms with Crippen LogP contribution in [-0.4, -0.2) is 18.1 Å². The van der Waals surface area contributed by atoms with Crippen LogP contribution in [0.15, 0.2) is 29.2 Å². The number of benzene rings is 2. The van der Waals surface area contributed by atoms with Gasteiger partial charge in [0, 0.05) is 36.1 Å². The van der Waals surface area contributed by atoms with E-state index >= 15 is 0 Å². The molecule has 0 radical (unpaired) electrons. The van der Waals surface area contributed by atoms with Crippen LogP contribution < -0.4 is 9.92 Å². The molecule has 0 aliphatic carbocycles. The van der Waals surface area contributed by atoms with Crippen molar-refractivity contribution < 1.29 is 22.3 Å². The Hall–Kier alpha value is -1.64. The summed E-state index contributed by atoms with van der Waals surface area (Å²) in [5, 5.41) is 10.3.